The van der Waals surface area contributed by atoms with Crippen molar-refractivity contribution in [1.82, 2.24) is 4.90 Å². The molecule has 0 aliphatic rings. The number of nitrogens with zero attached hydrogens (tertiary/aromatic N) is 1. The highest BCUT2D eigenvalue weighted by atomic mass is 35.5. The number of carbonyl (C=O) groups is 1. The van der Waals surface area contributed by atoms with Gasteiger partial charge in [-0.05, 0) is 55.8 Å². The van der Waals surface area contributed by atoms with Gasteiger partial charge in [0, 0.05) is 18.6 Å². The second-order valence-electron chi connectivity index (χ2n) is 6.59. The van der Waals surface area contributed by atoms with Crippen molar-refractivity contribution in [3.05, 3.63) is 53.1 Å². The number of methoxy groups -OCH3 is 1. The first-order chi connectivity index (χ1) is 13.1. The number of carbonyl (C=O) groups excluding carboxylic acids is 1. The lowest BCUT2D eigenvalue weighted by atomic mass is 10.1. The topological polar surface area (TPSA) is 48.0 Å². The fourth-order valence-electron chi connectivity index (χ4n) is 2.65. The molecule has 0 radical (unpaired) electrons. The van der Waals surface area contributed by atoms with E-state index in [9.17, 15) is 13.6 Å². The second kappa shape index (κ2) is 9.10. The first-order valence-electron chi connectivity index (χ1n) is 8.44. The zero-order valence-corrected chi connectivity index (χ0v) is 16.8. The SMILES string of the molecule is COc1ccc(CN(C)C(=O)C(C)(C)Oc2ccc(Cl)cc2)cc1OC(F)F. The van der Waals surface area contributed by atoms with Crippen LogP contribution in [0.25, 0.3) is 0 Å². The van der Waals surface area contributed by atoms with Crippen LogP contribution in [0.4, 0.5) is 8.78 Å². The standard InChI is InChI=1S/C20H22ClF2NO4/c1-20(2,28-15-8-6-14(21)7-9-15)18(25)24(3)12-13-5-10-16(26-4)17(11-13)27-19(22)23/h5-11,19H,12H2,1-4H3. The molecule has 0 heterocycles. The van der Waals surface area contributed by atoms with Crippen LogP contribution in [-0.4, -0.2) is 37.2 Å². The summed E-state index contributed by atoms with van der Waals surface area (Å²) in [6, 6.07) is 11.3. The van der Waals surface area contributed by atoms with Gasteiger partial charge in [-0.15, -0.1) is 0 Å². The largest absolute Gasteiger partial charge is 0.493 e. The van der Waals surface area contributed by atoms with E-state index in [4.69, 9.17) is 21.1 Å². The predicted octanol–water partition coefficient (Wildman–Crippen LogP) is 4.77. The maximum atomic E-state index is 12.8. The van der Waals surface area contributed by atoms with E-state index in [2.05, 4.69) is 4.74 Å². The van der Waals surface area contributed by atoms with Crippen molar-refractivity contribution in [2.75, 3.05) is 14.2 Å². The minimum Gasteiger partial charge on any atom is -0.493 e. The summed E-state index contributed by atoms with van der Waals surface area (Å²) in [5.41, 5.74) is -0.535. The Morgan fingerprint density at radius 1 is 1.14 bits per heavy atom. The molecule has 0 aromatic heterocycles. The number of alkyl halides is 2. The van der Waals surface area contributed by atoms with E-state index in [0.29, 0.717) is 16.3 Å². The molecule has 0 atom stereocenters. The summed E-state index contributed by atoms with van der Waals surface area (Å²) in [4.78, 5) is 14.3. The van der Waals surface area contributed by atoms with Crippen LogP contribution in [0.15, 0.2) is 42.5 Å². The van der Waals surface area contributed by atoms with Crippen LogP contribution in [0.5, 0.6) is 17.2 Å². The van der Waals surface area contributed by atoms with E-state index in [1.54, 1.807) is 51.2 Å². The summed E-state index contributed by atoms with van der Waals surface area (Å²) >= 11 is 5.86. The molecule has 0 unspecified atom stereocenters. The number of benzene rings is 2. The Morgan fingerprint density at radius 2 is 1.79 bits per heavy atom. The van der Waals surface area contributed by atoms with Gasteiger partial charge < -0.3 is 19.1 Å². The summed E-state index contributed by atoms with van der Waals surface area (Å²) < 4.78 is 40.4. The van der Waals surface area contributed by atoms with E-state index in [1.807, 2.05) is 0 Å². The summed E-state index contributed by atoms with van der Waals surface area (Å²) in [6.45, 7) is 0.505. The maximum Gasteiger partial charge on any atom is 0.387 e. The Morgan fingerprint density at radius 3 is 2.36 bits per heavy atom. The first kappa shape index (κ1) is 21.8. The number of amides is 1. The lowest BCUT2D eigenvalue weighted by Crippen LogP contribution is -2.47. The van der Waals surface area contributed by atoms with Crippen molar-refractivity contribution in [2.24, 2.45) is 0 Å². The van der Waals surface area contributed by atoms with Crippen LogP contribution in [0.3, 0.4) is 0 Å². The number of halogens is 3. The Labute approximate surface area is 167 Å². The molecule has 0 aliphatic carbocycles. The fourth-order valence-corrected chi connectivity index (χ4v) is 2.78. The first-order valence-corrected chi connectivity index (χ1v) is 8.82. The van der Waals surface area contributed by atoms with Crippen LogP contribution >= 0.6 is 11.6 Å². The third-order valence-corrected chi connectivity index (χ3v) is 4.16. The highest BCUT2D eigenvalue weighted by molar-refractivity contribution is 6.30. The predicted molar refractivity (Wildman–Crippen MR) is 102 cm³/mol. The third kappa shape index (κ3) is 5.73. The molecule has 28 heavy (non-hydrogen) atoms. The maximum absolute atomic E-state index is 12.8. The van der Waals surface area contributed by atoms with Gasteiger partial charge in [-0.25, -0.2) is 0 Å². The second-order valence-corrected chi connectivity index (χ2v) is 7.03. The van der Waals surface area contributed by atoms with Crippen molar-refractivity contribution < 1.29 is 27.8 Å². The number of likely N-dealkylation sites (N-methyl/N-ethyl adjacent to an activating group) is 1. The molecule has 2 aromatic carbocycles. The van der Waals surface area contributed by atoms with E-state index in [1.165, 1.54) is 24.1 Å². The Hall–Kier alpha value is -2.54. The van der Waals surface area contributed by atoms with Gasteiger partial charge in [0.15, 0.2) is 17.1 Å². The summed E-state index contributed by atoms with van der Waals surface area (Å²) in [5, 5.41) is 0.565. The molecule has 0 N–H and O–H groups in total. The molecular formula is C20H22ClF2NO4. The van der Waals surface area contributed by atoms with Gasteiger partial charge in [-0.3, -0.25) is 4.79 Å². The van der Waals surface area contributed by atoms with Crippen LogP contribution < -0.4 is 14.2 Å². The van der Waals surface area contributed by atoms with E-state index in [-0.39, 0.29) is 24.0 Å². The minimum absolute atomic E-state index is 0.0903. The van der Waals surface area contributed by atoms with Gasteiger partial charge in [-0.2, -0.15) is 8.78 Å². The highest BCUT2D eigenvalue weighted by Crippen LogP contribution is 2.30. The normalized spacial score (nSPS) is 11.3. The van der Waals surface area contributed by atoms with Crippen molar-refractivity contribution in [2.45, 2.75) is 32.6 Å². The van der Waals surface area contributed by atoms with Crippen molar-refractivity contribution in [3.8, 4) is 17.2 Å². The highest BCUT2D eigenvalue weighted by Gasteiger charge is 2.33. The van der Waals surface area contributed by atoms with Crippen molar-refractivity contribution in [3.63, 3.8) is 0 Å². The van der Waals surface area contributed by atoms with Crippen molar-refractivity contribution >= 4 is 17.5 Å². The molecule has 1 amide bonds. The van der Waals surface area contributed by atoms with Gasteiger partial charge >= 0.3 is 6.61 Å². The summed E-state index contributed by atoms with van der Waals surface area (Å²) in [6.07, 6.45) is 0. The van der Waals surface area contributed by atoms with E-state index in [0.717, 1.165) is 0 Å². The minimum atomic E-state index is -2.98. The molecule has 2 aromatic rings. The Kier molecular flexibility index (Phi) is 7.07. The van der Waals surface area contributed by atoms with Gasteiger partial charge in [0.25, 0.3) is 5.91 Å². The third-order valence-electron chi connectivity index (χ3n) is 3.91. The fraction of sp³-hybridized carbons (Fsp3) is 0.350. The number of ether oxygens (including phenoxy) is 3. The molecule has 0 aliphatic heterocycles. The Balaban J connectivity index is 2.11. The molecule has 152 valence electrons. The molecule has 0 saturated heterocycles. The average Bonchev–Trinajstić information content (AvgIpc) is 2.62. The molecule has 0 saturated carbocycles. The van der Waals surface area contributed by atoms with Crippen LogP contribution in [0.2, 0.25) is 5.02 Å². The molecule has 2 rings (SSSR count). The summed E-state index contributed by atoms with van der Waals surface area (Å²) in [7, 11) is 2.97. The van der Waals surface area contributed by atoms with Gasteiger partial charge in [0.2, 0.25) is 0 Å². The number of hydrogen-bond acceptors (Lipinski definition) is 4. The van der Waals surface area contributed by atoms with E-state index >= 15 is 0 Å². The van der Waals surface area contributed by atoms with Crippen molar-refractivity contribution in [1.29, 1.82) is 0 Å². The van der Waals surface area contributed by atoms with Gasteiger partial charge in [0.1, 0.15) is 5.75 Å². The molecule has 0 fully saturated rings. The lowest BCUT2D eigenvalue weighted by Gasteiger charge is -2.30. The molecule has 0 bridgehead atoms. The zero-order valence-electron chi connectivity index (χ0n) is 16.0. The zero-order chi connectivity index (χ0) is 20.9. The van der Waals surface area contributed by atoms with Crippen LogP contribution in [0, 0.1) is 0 Å². The van der Waals surface area contributed by atoms with Gasteiger partial charge in [0.05, 0.1) is 7.11 Å². The van der Waals surface area contributed by atoms with Crippen LogP contribution in [0.1, 0.15) is 19.4 Å². The van der Waals surface area contributed by atoms with Gasteiger partial charge in [-0.1, -0.05) is 17.7 Å². The molecule has 5 nitrogen and oxygen atoms in total. The average molecular weight is 414 g/mol. The lowest BCUT2D eigenvalue weighted by molar-refractivity contribution is -0.144. The number of hydrogen-bond donors (Lipinski definition) is 0. The molecule has 0 spiro atoms. The van der Waals surface area contributed by atoms with Crippen LogP contribution in [-0.2, 0) is 11.3 Å². The summed E-state index contributed by atoms with van der Waals surface area (Å²) in [5.74, 6) is 0.319. The molecule has 8 heteroatoms. The quantitative estimate of drug-likeness (QED) is 0.625. The Bertz CT molecular complexity index is 812. The monoisotopic (exact) mass is 413 g/mol. The van der Waals surface area contributed by atoms with E-state index < -0.39 is 12.2 Å². The number of rotatable bonds is 8. The molecular weight excluding hydrogens is 392 g/mol. The smallest absolute Gasteiger partial charge is 0.387 e.